The van der Waals surface area contributed by atoms with E-state index in [4.69, 9.17) is 11.6 Å². The number of amides is 2. The molecule has 0 bridgehead atoms. The summed E-state index contributed by atoms with van der Waals surface area (Å²) in [6.07, 6.45) is 1.62. The van der Waals surface area contributed by atoms with Crippen LogP contribution in [-0.2, 0) is 4.79 Å². The van der Waals surface area contributed by atoms with E-state index in [0.717, 1.165) is 12.8 Å². The van der Waals surface area contributed by atoms with Crippen LogP contribution in [0.15, 0.2) is 22.7 Å². The van der Waals surface area contributed by atoms with Crippen molar-refractivity contribution in [2.75, 3.05) is 5.32 Å². The van der Waals surface area contributed by atoms with E-state index in [1.807, 2.05) is 0 Å². The Labute approximate surface area is 129 Å². The van der Waals surface area contributed by atoms with Gasteiger partial charge >= 0.3 is 12.0 Å². The Balaban J connectivity index is 2.08. The first-order valence-electron chi connectivity index (χ1n) is 6.10. The fourth-order valence-electron chi connectivity index (χ4n) is 1.97. The number of halogens is 2. The Kier molecular flexibility index (Phi) is 4.25. The predicted molar refractivity (Wildman–Crippen MR) is 80.1 cm³/mol. The van der Waals surface area contributed by atoms with Crippen LogP contribution in [0.5, 0.6) is 0 Å². The quantitative estimate of drug-likeness (QED) is 0.768. The Morgan fingerprint density at radius 1 is 1.45 bits per heavy atom. The molecule has 2 amide bonds. The molecule has 1 aliphatic carbocycles. The summed E-state index contributed by atoms with van der Waals surface area (Å²) >= 11 is 9.15. The number of aliphatic carboxylic acids is 1. The number of carboxylic acids is 1. The Hall–Kier alpha value is -1.27. The number of benzene rings is 1. The Morgan fingerprint density at radius 2 is 2.10 bits per heavy atom. The highest BCUT2D eigenvalue weighted by molar-refractivity contribution is 9.10. The summed E-state index contributed by atoms with van der Waals surface area (Å²) in [5.74, 6) is -1.05. The van der Waals surface area contributed by atoms with E-state index >= 15 is 0 Å². The summed E-state index contributed by atoms with van der Waals surface area (Å²) in [7, 11) is 0. The lowest BCUT2D eigenvalue weighted by atomic mass is 9.96. The zero-order valence-electron chi connectivity index (χ0n) is 10.7. The molecule has 3 N–H and O–H groups in total. The molecule has 108 valence electrons. The lowest BCUT2D eigenvalue weighted by molar-refractivity contribution is -0.144. The van der Waals surface area contributed by atoms with Gasteiger partial charge in [0, 0.05) is 9.50 Å². The van der Waals surface area contributed by atoms with Gasteiger partial charge in [0.15, 0.2) is 0 Å². The van der Waals surface area contributed by atoms with Gasteiger partial charge in [-0.25, -0.2) is 9.59 Å². The zero-order chi connectivity index (χ0) is 14.9. The lowest BCUT2D eigenvalue weighted by Gasteiger charge is -2.26. The number of carbonyl (C=O) groups is 2. The third-order valence-corrected chi connectivity index (χ3v) is 4.31. The van der Waals surface area contributed by atoms with Gasteiger partial charge in [-0.15, -0.1) is 0 Å². The van der Waals surface area contributed by atoms with Crippen molar-refractivity contribution in [1.82, 2.24) is 5.32 Å². The third-order valence-electron chi connectivity index (χ3n) is 3.39. The molecule has 7 heteroatoms. The molecule has 5 nitrogen and oxygen atoms in total. The van der Waals surface area contributed by atoms with E-state index in [0.29, 0.717) is 15.2 Å². The van der Waals surface area contributed by atoms with Gasteiger partial charge in [0.1, 0.15) is 5.54 Å². The zero-order valence-corrected chi connectivity index (χ0v) is 13.1. The number of carboxylic acid groups (broad SMARTS) is 1. The molecule has 0 aromatic heterocycles. The van der Waals surface area contributed by atoms with Gasteiger partial charge < -0.3 is 15.7 Å². The normalized spacial score (nSPS) is 17.1. The second kappa shape index (κ2) is 5.61. The van der Waals surface area contributed by atoms with E-state index in [2.05, 4.69) is 26.6 Å². The summed E-state index contributed by atoms with van der Waals surface area (Å²) in [6, 6.07) is 4.40. The van der Waals surface area contributed by atoms with Gasteiger partial charge in [-0.1, -0.05) is 11.6 Å². The van der Waals surface area contributed by atoms with Crippen LogP contribution in [0.2, 0.25) is 5.02 Å². The predicted octanol–water partition coefficient (Wildman–Crippen LogP) is 3.48. The van der Waals surface area contributed by atoms with E-state index in [1.165, 1.54) is 6.92 Å². The van der Waals surface area contributed by atoms with Gasteiger partial charge in [0.25, 0.3) is 0 Å². The van der Waals surface area contributed by atoms with Gasteiger partial charge in [-0.2, -0.15) is 0 Å². The van der Waals surface area contributed by atoms with Gasteiger partial charge in [0.05, 0.1) is 5.69 Å². The molecular formula is C13H14BrClN2O3. The Morgan fingerprint density at radius 3 is 2.65 bits per heavy atom. The van der Waals surface area contributed by atoms with E-state index in [-0.39, 0.29) is 5.92 Å². The average molecular weight is 362 g/mol. The lowest BCUT2D eigenvalue weighted by Crippen LogP contribution is -2.55. The number of rotatable bonds is 4. The monoisotopic (exact) mass is 360 g/mol. The summed E-state index contributed by atoms with van der Waals surface area (Å²) in [4.78, 5) is 23.3. The summed E-state index contributed by atoms with van der Waals surface area (Å²) in [6.45, 7) is 1.53. The van der Waals surface area contributed by atoms with Crippen LogP contribution in [0.1, 0.15) is 19.8 Å². The molecule has 1 aliphatic rings. The Bertz CT molecular complexity index is 563. The number of nitrogens with one attached hydrogen (secondary N) is 2. The molecule has 1 aromatic carbocycles. The van der Waals surface area contributed by atoms with Gasteiger partial charge in [-0.05, 0) is 59.8 Å². The SMILES string of the molecule is CC(NC(=O)Nc1cc(Cl)ccc1Br)(C(=O)O)C1CC1. The number of carbonyl (C=O) groups excluding carboxylic acids is 1. The molecule has 20 heavy (non-hydrogen) atoms. The highest BCUT2D eigenvalue weighted by Crippen LogP contribution is 2.39. The van der Waals surface area contributed by atoms with Crippen molar-refractivity contribution >= 4 is 45.2 Å². The molecule has 1 atom stereocenters. The van der Waals surface area contributed by atoms with Crippen molar-refractivity contribution in [2.45, 2.75) is 25.3 Å². The summed E-state index contributed by atoms with van der Waals surface area (Å²) < 4.78 is 0.667. The molecular weight excluding hydrogens is 348 g/mol. The fraction of sp³-hybridized carbons (Fsp3) is 0.385. The average Bonchev–Trinajstić information content (AvgIpc) is 3.17. The minimum Gasteiger partial charge on any atom is -0.480 e. The molecule has 1 aromatic rings. The minimum absolute atomic E-state index is 0.0199. The number of hydrogen-bond acceptors (Lipinski definition) is 2. The van der Waals surface area contributed by atoms with Crippen LogP contribution in [-0.4, -0.2) is 22.6 Å². The largest absolute Gasteiger partial charge is 0.480 e. The first-order valence-corrected chi connectivity index (χ1v) is 7.27. The summed E-state index contributed by atoms with van der Waals surface area (Å²) in [5.41, 5.74) is -0.756. The molecule has 0 radical (unpaired) electrons. The molecule has 2 rings (SSSR count). The second-order valence-corrected chi connectivity index (χ2v) is 6.28. The standard InChI is InChI=1S/C13H14BrClN2O3/c1-13(11(18)19,7-2-3-7)17-12(20)16-10-6-8(15)4-5-9(10)14/h4-7H,2-3H2,1H3,(H,18,19)(H2,16,17,20). The van der Waals surface area contributed by atoms with Gasteiger partial charge in [-0.3, -0.25) is 0 Å². The molecule has 0 heterocycles. The van der Waals surface area contributed by atoms with Crippen LogP contribution in [0.25, 0.3) is 0 Å². The van der Waals surface area contributed by atoms with Crippen LogP contribution in [0.4, 0.5) is 10.5 Å². The topological polar surface area (TPSA) is 78.4 Å². The van der Waals surface area contributed by atoms with Crippen LogP contribution in [0.3, 0.4) is 0 Å². The van der Waals surface area contributed by atoms with Crippen LogP contribution >= 0.6 is 27.5 Å². The van der Waals surface area contributed by atoms with Crippen LogP contribution < -0.4 is 10.6 Å². The smallest absolute Gasteiger partial charge is 0.329 e. The first kappa shape index (κ1) is 15.1. The molecule has 1 unspecified atom stereocenters. The molecule has 0 aliphatic heterocycles. The number of urea groups is 1. The van der Waals surface area contributed by atoms with Gasteiger partial charge in [0.2, 0.25) is 0 Å². The highest BCUT2D eigenvalue weighted by atomic mass is 79.9. The van der Waals surface area contributed by atoms with Crippen LogP contribution in [0, 0.1) is 5.92 Å². The fourth-order valence-corrected chi connectivity index (χ4v) is 2.49. The first-order chi connectivity index (χ1) is 9.33. The molecule has 1 fully saturated rings. The van der Waals surface area contributed by atoms with Crippen molar-refractivity contribution in [1.29, 1.82) is 0 Å². The van der Waals surface area contributed by atoms with Crippen molar-refractivity contribution < 1.29 is 14.7 Å². The molecule has 0 saturated heterocycles. The maximum atomic E-state index is 12.0. The van der Waals surface area contributed by atoms with E-state index in [1.54, 1.807) is 18.2 Å². The van der Waals surface area contributed by atoms with Crippen molar-refractivity contribution in [2.24, 2.45) is 5.92 Å². The summed E-state index contributed by atoms with van der Waals surface area (Å²) in [5, 5.41) is 14.9. The number of anilines is 1. The second-order valence-electron chi connectivity index (χ2n) is 4.99. The molecule has 1 saturated carbocycles. The number of hydrogen-bond donors (Lipinski definition) is 3. The molecule has 0 spiro atoms. The maximum Gasteiger partial charge on any atom is 0.329 e. The maximum absolute atomic E-state index is 12.0. The van der Waals surface area contributed by atoms with E-state index in [9.17, 15) is 14.7 Å². The van der Waals surface area contributed by atoms with Crippen molar-refractivity contribution in [3.05, 3.63) is 27.7 Å². The van der Waals surface area contributed by atoms with E-state index < -0.39 is 17.5 Å². The van der Waals surface area contributed by atoms with Crippen molar-refractivity contribution in [3.8, 4) is 0 Å². The highest BCUT2D eigenvalue weighted by Gasteiger charge is 2.48. The third kappa shape index (κ3) is 3.24. The minimum atomic E-state index is -1.24. The van der Waals surface area contributed by atoms with Crippen molar-refractivity contribution in [3.63, 3.8) is 0 Å².